The van der Waals surface area contributed by atoms with Gasteiger partial charge in [-0.15, -0.1) is 0 Å². The van der Waals surface area contributed by atoms with Crippen LogP contribution in [0.2, 0.25) is 5.02 Å². The first-order chi connectivity index (χ1) is 14.2. The molecule has 0 spiro atoms. The minimum Gasteiger partial charge on any atom is -0.351 e. The molecular formula is C23H21ClN4O. The molecule has 2 heterocycles. The van der Waals surface area contributed by atoms with Gasteiger partial charge in [0, 0.05) is 24.2 Å². The number of hydrogen-bond donors (Lipinski definition) is 1. The summed E-state index contributed by atoms with van der Waals surface area (Å²) >= 11 is 6.38. The molecule has 4 aromatic rings. The van der Waals surface area contributed by atoms with E-state index in [1.165, 1.54) is 0 Å². The van der Waals surface area contributed by atoms with Gasteiger partial charge in [0.2, 0.25) is 0 Å². The number of amides is 1. The number of carbonyl (C=O) groups is 1. The van der Waals surface area contributed by atoms with Crippen LogP contribution in [0.4, 0.5) is 0 Å². The van der Waals surface area contributed by atoms with Crippen LogP contribution >= 0.6 is 11.6 Å². The van der Waals surface area contributed by atoms with Crippen molar-refractivity contribution >= 4 is 28.5 Å². The Morgan fingerprint density at radius 1 is 1.00 bits per heavy atom. The molecule has 4 rings (SSSR count). The number of aryl methyl sites for hydroxylation is 1. The topological polar surface area (TPSA) is 59.8 Å². The van der Waals surface area contributed by atoms with Crippen molar-refractivity contribution in [3.63, 3.8) is 0 Å². The number of nitrogens with one attached hydrogen (secondary N) is 1. The van der Waals surface area contributed by atoms with Crippen LogP contribution in [0.5, 0.6) is 0 Å². The number of aromatic nitrogens is 3. The fourth-order valence-corrected chi connectivity index (χ4v) is 3.52. The first-order valence-corrected chi connectivity index (χ1v) is 9.97. The zero-order chi connectivity index (χ0) is 20.1. The maximum atomic E-state index is 12.1. The van der Waals surface area contributed by atoms with Crippen molar-refractivity contribution in [3.8, 4) is 0 Å². The van der Waals surface area contributed by atoms with E-state index in [0.717, 1.165) is 40.3 Å². The lowest BCUT2D eigenvalue weighted by atomic mass is 10.2. The lowest BCUT2D eigenvalue weighted by Gasteiger charge is -2.11. The Balaban J connectivity index is 1.47. The Morgan fingerprint density at radius 2 is 1.79 bits per heavy atom. The third kappa shape index (κ3) is 4.46. The van der Waals surface area contributed by atoms with Crippen molar-refractivity contribution < 1.29 is 4.79 Å². The van der Waals surface area contributed by atoms with Gasteiger partial charge >= 0.3 is 0 Å². The summed E-state index contributed by atoms with van der Waals surface area (Å²) in [5.41, 5.74) is 3.53. The van der Waals surface area contributed by atoms with E-state index in [0.29, 0.717) is 18.8 Å². The number of rotatable bonds is 7. The number of carbonyl (C=O) groups excluding carboxylic acids is 1. The van der Waals surface area contributed by atoms with Crippen molar-refractivity contribution in [2.45, 2.75) is 19.4 Å². The average Bonchev–Trinajstić information content (AvgIpc) is 3.10. The van der Waals surface area contributed by atoms with E-state index in [4.69, 9.17) is 16.6 Å². The molecule has 0 saturated heterocycles. The molecule has 0 bridgehead atoms. The number of hydrogen-bond acceptors (Lipinski definition) is 3. The summed E-state index contributed by atoms with van der Waals surface area (Å²) in [7, 11) is 0. The quantitative estimate of drug-likeness (QED) is 0.461. The lowest BCUT2D eigenvalue weighted by Crippen LogP contribution is -2.25. The maximum Gasteiger partial charge on any atom is 0.269 e. The molecule has 29 heavy (non-hydrogen) atoms. The molecule has 146 valence electrons. The number of fused-ring (bicyclic) bond motifs is 1. The van der Waals surface area contributed by atoms with E-state index in [-0.39, 0.29) is 5.91 Å². The number of halogens is 1. The Labute approximate surface area is 174 Å². The average molecular weight is 405 g/mol. The number of pyridine rings is 1. The molecule has 0 radical (unpaired) electrons. The molecule has 1 amide bonds. The summed E-state index contributed by atoms with van der Waals surface area (Å²) in [6, 6.07) is 21.3. The van der Waals surface area contributed by atoms with Crippen molar-refractivity contribution in [1.82, 2.24) is 19.9 Å². The van der Waals surface area contributed by atoms with E-state index in [1.807, 2.05) is 42.5 Å². The molecule has 0 fully saturated rings. The Kier molecular flexibility index (Phi) is 5.86. The number of para-hydroxylation sites is 2. The number of imidazole rings is 1. The van der Waals surface area contributed by atoms with Gasteiger partial charge in [-0.3, -0.25) is 9.78 Å². The van der Waals surface area contributed by atoms with Gasteiger partial charge in [0.15, 0.2) is 0 Å². The Hall–Kier alpha value is -3.18. The van der Waals surface area contributed by atoms with Crippen LogP contribution in [0.1, 0.15) is 28.3 Å². The summed E-state index contributed by atoms with van der Waals surface area (Å²) in [6.45, 7) is 1.22. The molecule has 5 nitrogen and oxygen atoms in total. The predicted octanol–water partition coefficient (Wildman–Crippen LogP) is 4.50. The van der Waals surface area contributed by atoms with Crippen LogP contribution in [-0.2, 0) is 13.0 Å². The van der Waals surface area contributed by atoms with Gasteiger partial charge in [-0.05, 0) is 42.3 Å². The van der Waals surface area contributed by atoms with Crippen molar-refractivity contribution in [2.24, 2.45) is 0 Å². The SMILES string of the molecule is O=C(NCCCc1nc2ccccc2n1Cc1ccccc1Cl)c1ccccn1. The van der Waals surface area contributed by atoms with Crippen LogP contribution in [0.25, 0.3) is 11.0 Å². The third-order valence-electron chi connectivity index (χ3n) is 4.78. The molecule has 0 aliphatic carbocycles. The second-order valence-electron chi connectivity index (χ2n) is 6.77. The maximum absolute atomic E-state index is 12.1. The zero-order valence-electron chi connectivity index (χ0n) is 15.9. The van der Waals surface area contributed by atoms with Crippen LogP contribution in [0.3, 0.4) is 0 Å². The molecule has 2 aromatic carbocycles. The van der Waals surface area contributed by atoms with E-state index in [2.05, 4.69) is 20.9 Å². The van der Waals surface area contributed by atoms with Gasteiger partial charge in [0.05, 0.1) is 17.6 Å². The van der Waals surface area contributed by atoms with Crippen LogP contribution in [0, 0.1) is 0 Å². The molecule has 0 unspecified atom stereocenters. The second kappa shape index (κ2) is 8.88. The fourth-order valence-electron chi connectivity index (χ4n) is 3.33. The highest BCUT2D eigenvalue weighted by Crippen LogP contribution is 2.22. The predicted molar refractivity (Wildman–Crippen MR) is 115 cm³/mol. The van der Waals surface area contributed by atoms with Crippen LogP contribution < -0.4 is 5.32 Å². The first-order valence-electron chi connectivity index (χ1n) is 9.59. The van der Waals surface area contributed by atoms with Crippen molar-refractivity contribution in [1.29, 1.82) is 0 Å². The largest absolute Gasteiger partial charge is 0.351 e. The molecule has 0 aliphatic rings. The number of nitrogens with zero attached hydrogens (tertiary/aromatic N) is 3. The van der Waals surface area contributed by atoms with E-state index in [1.54, 1.807) is 24.4 Å². The molecule has 0 atom stereocenters. The standard InChI is InChI=1S/C23H21ClN4O/c24-18-9-2-1-8-17(18)16-28-21-12-4-3-10-19(21)27-22(28)13-7-15-26-23(29)20-11-5-6-14-25-20/h1-6,8-12,14H,7,13,15-16H2,(H,26,29). The van der Waals surface area contributed by atoms with Gasteiger partial charge in [0.1, 0.15) is 11.5 Å². The highest BCUT2D eigenvalue weighted by atomic mass is 35.5. The minimum absolute atomic E-state index is 0.157. The molecule has 0 saturated carbocycles. The van der Waals surface area contributed by atoms with Crippen molar-refractivity contribution in [2.75, 3.05) is 6.54 Å². The summed E-state index contributed by atoms with van der Waals surface area (Å²) < 4.78 is 2.21. The molecule has 6 heteroatoms. The number of benzene rings is 2. The van der Waals surface area contributed by atoms with Crippen LogP contribution in [0.15, 0.2) is 72.9 Å². The van der Waals surface area contributed by atoms with E-state index < -0.39 is 0 Å². The molecule has 1 N–H and O–H groups in total. The normalized spacial score (nSPS) is 10.9. The van der Waals surface area contributed by atoms with E-state index in [9.17, 15) is 4.79 Å². The summed E-state index contributed by atoms with van der Waals surface area (Å²) in [6.07, 6.45) is 3.15. The van der Waals surface area contributed by atoms with Gasteiger partial charge in [-0.25, -0.2) is 4.98 Å². The fraction of sp³-hybridized carbons (Fsp3) is 0.174. The molecule has 2 aromatic heterocycles. The Bertz CT molecular complexity index is 1120. The highest BCUT2D eigenvalue weighted by molar-refractivity contribution is 6.31. The van der Waals surface area contributed by atoms with Crippen LogP contribution in [-0.4, -0.2) is 27.0 Å². The van der Waals surface area contributed by atoms with Gasteiger partial charge in [-0.1, -0.05) is 48.0 Å². The monoisotopic (exact) mass is 404 g/mol. The summed E-state index contributed by atoms with van der Waals surface area (Å²) in [4.78, 5) is 21.0. The van der Waals surface area contributed by atoms with Gasteiger partial charge in [0.25, 0.3) is 5.91 Å². The molecular weight excluding hydrogens is 384 g/mol. The lowest BCUT2D eigenvalue weighted by molar-refractivity contribution is 0.0948. The zero-order valence-corrected chi connectivity index (χ0v) is 16.6. The van der Waals surface area contributed by atoms with Crippen molar-refractivity contribution in [3.05, 3.63) is 95.0 Å². The molecule has 0 aliphatic heterocycles. The second-order valence-corrected chi connectivity index (χ2v) is 7.18. The highest BCUT2D eigenvalue weighted by Gasteiger charge is 2.12. The Morgan fingerprint density at radius 3 is 2.62 bits per heavy atom. The van der Waals surface area contributed by atoms with Gasteiger partial charge < -0.3 is 9.88 Å². The first kappa shape index (κ1) is 19.2. The van der Waals surface area contributed by atoms with Gasteiger partial charge in [-0.2, -0.15) is 0 Å². The summed E-state index contributed by atoms with van der Waals surface area (Å²) in [5, 5.41) is 3.67. The minimum atomic E-state index is -0.157. The third-order valence-corrected chi connectivity index (χ3v) is 5.15. The summed E-state index contributed by atoms with van der Waals surface area (Å²) in [5.74, 6) is 0.827. The smallest absolute Gasteiger partial charge is 0.269 e. The van der Waals surface area contributed by atoms with E-state index >= 15 is 0 Å².